The first-order valence-electron chi connectivity index (χ1n) is 6.67. The quantitative estimate of drug-likeness (QED) is 0.808. The van der Waals surface area contributed by atoms with Gasteiger partial charge in [-0.1, -0.05) is 6.92 Å². The summed E-state index contributed by atoms with van der Waals surface area (Å²) in [6.45, 7) is 3.40. The first-order valence-corrected chi connectivity index (χ1v) is 6.67. The second kappa shape index (κ2) is 6.83. The summed E-state index contributed by atoms with van der Waals surface area (Å²) in [5.74, 6) is 0.220. The smallest absolute Gasteiger partial charge is 0.224 e. The molecular formula is C13H19FN6. The molecule has 0 radical (unpaired) electrons. The normalized spacial score (nSPS) is 10.6. The lowest BCUT2D eigenvalue weighted by Crippen LogP contribution is -2.11. The number of halogens is 1. The average molecular weight is 278 g/mol. The Labute approximate surface area is 117 Å². The van der Waals surface area contributed by atoms with Crippen LogP contribution in [-0.2, 0) is 13.5 Å². The van der Waals surface area contributed by atoms with Gasteiger partial charge in [-0.05, 0) is 18.4 Å². The first-order chi connectivity index (χ1) is 9.69. The van der Waals surface area contributed by atoms with Crippen LogP contribution in [0, 0.1) is 5.82 Å². The third-order valence-electron chi connectivity index (χ3n) is 2.74. The van der Waals surface area contributed by atoms with Gasteiger partial charge in [0.2, 0.25) is 5.95 Å². The topological polar surface area (TPSA) is 67.7 Å². The molecule has 7 heteroatoms. The van der Waals surface area contributed by atoms with E-state index in [0.717, 1.165) is 24.9 Å². The number of hydrogen-bond acceptors (Lipinski definition) is 5. The van der Waals surface area contributed by atoms with E-state index in [4.69, 9.17) is 0 Å². The van der Waals surface area contributed by atoms with Gasteiger partial charge in [-0.25, -0.2) is 9.37 Å². The molecule has 0 unspecified atom stereocenters. The van der Waals surface area contributed by atoms with Crippen molar-refractivity contribution >= 4 is 11.8 Å². The Balaban J connectivity index is 1.90. The van der Waals surface area contributed by atoms with E-state index >= 15 is 0 Å². The Morgan fingerprint density at radius 2 is 2.10 bits per heavy atom. The number of rotatable bonds is 7. The van der Waals surface area contributed by atoms with E-state index in [9.17, 15) is 4.39 Å². The molecule has 0 fully saturated rings. The molecule has 108 valence electrons. The molecule has 2 N–H and O–H groups in total. The van der Waals surface area contributed by atoms with Gasteiger partial charge >= 0.3 is 0 Å². The first kappa shape index (κ1) is 14.2. The van der Waals surface area contributed by atoms with E-state index < -0.39 is 5.82 Å². The average Bonchev–Trinajstić information content (AvgIpc) is 2.85. The number of nitrogens with zero attached hydrogens (tertiary/aromatic N) is 4. The Morgan fingerprint density at radius 1 is 1.25 bits per heavy atom. The minimum Gasteiger partial charge on any atom is -0.367 e. The molecule has 0 spiro atoms. The SMILES string of the molecule is CCCNc1ncc(F)c(NCCc2cnn(C)c2)n1. The molecule has 0 bridgehead atoms. The van der Waals surface area contributed by atoms with E-state index in [-0.39, 0.29) is 5.82 Å². The van der Waals surface area contributed by atoms with Crippen molar-refractivity contribution in [2.24, 2.45) is 7.05 Å². The summed E-state index contributed by atoms with van der Waals surface area (Å²) < 4.78 is 15.3. The molecule has 0 aliphatic rings. The molecule has 0 atom stereocenters. The number of aromatic nitrogens is 4. The Kier molecular flexibility index (Phi) is 4.86. The van der Waals surface area contributed by atoms with Crippen molar-refractivity contribution in [3.8, 4) is 0 Å². The Bertz CT molecular complexity index is 554. The third kappa shape index (κ3) is 3.91. The predicted octanol–water partition coefficient (Wildman–Crippen LogP) is 1.83. The van der Waals surface area contributed by atoms with Gasteiger partial charge in [0.25, 0.3) is 0 Å². The lowest BCUT2D eigenvalue weighted by molar-refractivity contribution is 0.617. The van der Waals surface area contributed by atoms with Crippen LogP contribution in [0.3, 0.4) is 0 Å². The van der Waals surface area contributed by atoms with Crippen LogP contribution >= 0.6 is 0 Å². The fourth-order valence-electron chi connectivity index (χ4n) is 1.74. The van der Waals surface area contributed by atoms with E-state index in [0.29, 0.717) is 12.5 Å². The summed E-state index contributed by atoms with van der Waals surface area (Å²) in [5, 5.41) is 10.1. The van der Waals surface area contributed by atoms with E-state index in [1.807, 2.05) is 20.2 Å². The number of anilines is 2. The second-order valence-electron chi connectivity index (χ2n) is 4.52. The summed E-state index contributed by atoms with van der Waals surface area (Å²) in [6, 6.07) is 0. The van der Waals surface area contributed by atoms with Crippen molar-refractivity contribution in [2.75, 3.05) is 23.7 Å². The van der Waals surface area contributed by atoms with Gasteiger partial charge in [0.1, 0.15) is 0 Å². The highest BCUT2D eigenvalue weighted by atomic mass is 19.1. The minimum absolute atomic E-state index is 0.225. The number of hydrogen-bond donors (Lipinski definition) is 2. The molecule has 0 aliphatic heterocycles. The van der Waals surface area contributed by atoms with Gasteiger partial charge in [0, 0.05) is 26.3 Å². The fraction of sp³-hybridized carbons (Fsp3) is 0.462. The van der Waals surface area contributed by atoms with E-state index in [1.54, 1.807) is 10.9 Å². The number of nitrogens with one attached hydrogen (secondary N) is 2. The maximum atomic E-state index is 13.6. The van der Waals surface area contributed by atoms with Gasteiger partial charge in [-0.3, -0.25) is 4.68 Å². The Morgan fingerprint density at radius 3 is 2.80 bits per heavy atom. The summed E-state index contributed by atoms with van der Waals surface area (Å²) in [4.78, 5) is 8.01. The van der Waals surface area contributed by atoms with Crippen molar-refractivity contribution in [1.82, 2.24) is 19.7 Å². The van der Waals surface area contributed by atoms with Crippen LogP contribution in [0.2, 0.25) is 0 Å². The molecule has 0 saturated heterocycles. The highest BCUT2D eigenvalue weighted by Crippen LogP contribution is 2.12. The zero-order chi connectivity index (χ0) is 14.4. The highest BCUT2D eigenvalue weighted by Gasteiger charge is 2.06. The summed E-state index contributed by atoms with van der Waals surface area (Å²) in [7, 11) is 1.87. The van der Waals surface area contributed by atoms with E-state index in [1.165, 1.54) is 6.20 Å². The van der Waals surface area contributed by atoms with Crippen molar-refractivity contribution in [3.63, 3.8) is 0 Å². The summed E-state index contributed by atoms with van der Waals surface area (Å²) in [6.07, 6.45) is 6.63. The zero-order valence-electron chi connectivity index (χ0n) is 11.7. The van der Waals surface area contributed by atoms with Gasteiger partial charge in [-0.2, -0.15) is 10.1 Å². The Hall–Kier alpha value is -2.18. The van der Waals surface area contributed by atoms with Crippen LogP contribution in [0.15, 0.2) is 18.6 Å². The van der Waals surface area contributed by atoms with Crippen LogP contribution in [0.5, 0.6) is 0 Å². The molecular weight excluding hydrogens is 259 g/mol. The van der Waals surface area contributed by atoms with Crippen molar-refractivity contribution in [1.29, 1.82) is 0 Å². The monoisotopic (exact) mass is 278 g/mol. The maximum absolute atomic E-state index is 13.6. The van der Waals surface area contributed by atoms with Crippen molar-refractivity contribution < 1.29 is 4.39 Å². The van der Waals surface area contributed by atoms with Crippen LogP contribution in [0.4, 0.5) is 16.2 Å². The van der Waals surface area contributed by atoms with Crippen molar-refractivity contribution in [3.05, 3.63) is 30.0 Å². The molecule has 0 amide bonds. The van der Waals surface area contributed by atoms with Gasteiger partial charge in [0.15, 0.2) is 11.6 Å². The molecule has 0 aromatic carbocycles. The zero-order valence-corrected chi connectivity index (χ0v) is 11.7. The van der Waals surface area contributed by atoms with Gasteiger partial charge in [0.05, 0.1) is 12.4 Å². The van der Waals surface area contributed by atoms with Gasteiger partial charge < -0.3 is 10.6 Å². The third-order valence-corrected chi connectivity index (χ3v) is 2.74. The van der Waals surface area contributed by atoms with Gasteiger partial charge in [-0.15, -0.1) is 0 Å². The second-order valence-corrected chi connectivity index (χ2v) is 4.52. The minimum atomic E-state index is -0.446. The predicted molar refractivity (Wildman–Crippen MR) is 76.2 cm³/mol. The molecule has 2 heterocycles. The molecule has 2 aromatic rings. The lowest BCUT2D eigenvalue weighted by atomic mass is 10.2. The highest BCUT2D eigenvalue weighted by molar-refractivity contribution is 5.41. The molecule has 0 aliphatic carbocycles. The summed E-state index contributed by atoms with van der Waals surface area (Å²) in [5.41, 5.74) is 1.10. The van der Waals surface area contributed by atoms with Crippen LogP contribution in [0.25, 0.3) is 0 Å². The largest absolute Gasteiger partial charge is 0.367 e. The number of aryl methyl sites for hydroxylation is 1. The van der Waals surface area contributed by atoms with Crippen molar-refractivity contribution in [2.45, 2.75) is 19.8 Å². The van der Waals surface area contributed by atoms with Crippen LogP contribution < -0.4 is 10.6 Å². The molecule has 6 nitrogen and oxygen atoms in total. The van der Waals surface area contributed by atoms with Crippen LogP contribution in [-0.4, -0.2) is 32.8 Å². The molecule has 2 aromatic heterocycles. The van der Waals surface area contributed by atoms with Crippen LogP contribution in [0.1, 0.15) is 18.9 Å². The molecule has 20 heavy (non-hydrogen) atoms. The molecule has 2 rings (SSSR count). The van der Waals surface area contributed by atoms with E-state index in [2.05, 4.69) is 25.7 Å². The summed E-state index contributed by atoms with van der Waals surface area (Å²) >= 11 is 0. The standard InChI is InChI=1S/C13H19FN6/c1-3-5-16-13-17-8-11(14)12(19-13)15-6-4-10-7-18-20(2)9-10/h7-9H,3-6H2,1-2H3,(H2,15,16,17,19). The fourth-order valence-corrected chi connectivity index (χ4v) is 1.74. The molecule has 0 saturated carbocycles. The lowest BCUT2D eigenvalue weighted by Gasteiger charge is -2.08. The maximum Gasteiger partial charge on any atom is 0.224 e.